The molecular weight excluding hydrogens is 198 g/mol. The van der Waals surface area contributed by atoms with Crippen molar-refractivity contribution in [1.82, 2.24) is 5.32 Å². The zero-order chi connectivity index (χ0) is 10.4. The molecule has 0 radical (unpaired) electrons. The molecule has 1 fully saturated rings. The molecule has 0 aromatic rings. The van der Waals surface area contributed by atoms with Crippen LogP contribution in [-0.2, 0) is 4.79 Å². The summed E-state index contributed by atoms with van der Waals surface area (Å²) >= 11 is 1.67. The Morgan fingerprint density at radius 2 is 2.14 bits per heavy atom. The number of amides is 1. The molecule has 4 heteroatoms. The maximum absolute atomic E-state index is 11.5. The van der Waals surface area contributed by atoms with Crippen LogP contribution in [0.1, 0.15) is 32.1 Å². The third-order valence-electron chi connectivity index (χ3n) is 2.80. The standard InChI is InChI=1S/C10H19NO2S/c1-14-7-4-9(13)11-10(8-12)5-2-3-6-10/h12H,2-8H2,1H3,(H,11,13). The Morgan fingerprint density at radius 1 is 1.50 bits per heavy atom. The van der Waals surface area contributed by atoms with Crippen molar-refractivity contribution in [2.24, 2.45) is 0 Å². The first kappa shape index (κ1) is 11.9. The maximum Gasteiger partial charge on any atom is 0.221 e. The predicted molar refractivity (Wildman–Crippen MR) is 59.4 cm³/mol. The Hall–Kier alpha value is -0.220. The fourth-order valence-electron chi connectivity index (χ4n) is 1.93. The second-order valence-electron chi connectivity index (χ2n) is 3.94. The van der Waals surface area contributed by atoms with Crippen LogP contribution in [0.25, 0.3) is 0 Å². The Morgan fingerprint density at radius 3 is 2.64 bits per heavy atom. The van der Waals surface area contributed by atoms with E-state index in [-0.39, 0.29) is 18.1 Å². The summed E-state index contributed by atoms with van der Waals surface area (Å²) in [5.41, 5.74) is -0.296. The summed E-state index contributed by atoms with van der Waals surface area (Å²) in [4.78, 5) is 11.5. The van der Waals surface area contributed by atoms with E-state index in [1.807, 2.05) is 6.26 Å². The van der Waals surface area contributed by atoms with Gasteiger partial charge >= 0.3 is 0 Å². The first-order valence-electron chi connectivity index (χ1n) is 5.13. The number of hydrogen-bond donors (Lipinski definition) is 2. The summed E-state index contributed by atoms with van der Waals surface area (Å²) in [6, 6.07) is 0. The fourth-order valence-corrected chi connectivity index (χ4v) is 2.32. The highest BCUT2D eigenvalue weighted by molar-refractivity contribution is 7.98. The third-order valence-corrected chi connectivity index (χ3v) is 3.41. The highest BCUT2D eigenvalue weighted by Crippen LogP contribution is 2.29. The van der Waals surface area contributed by atoms with Gasteiger partial charge in [-0.2, -0.15) is 11.8 Å². The summed E-state index contributed by atoms with van der Waals surface area (Å²) in [7, 11) is 0. The van der Waals surface area contributed by atoms with Crippen LogP contribution in [-0.4, -0.2) is 35.2 Å². The molecule has 3 nitrogen and oxygen atoms in total. The number of thioether (sulfide) groups is 1. The van der Waals surface area contributed by atoms with Gasteiger partial charge in [0.15, 0.2) is 0 Å². The second-order valence-corrected chi connectivity index (χ2v) is 4.92. The van der Waals surface area contributed by atoms with E-state index in [9.17, 15) is 9.90 Å². The summed E-state index contributed by atoms with van der Waals surface area (Å²) in [6.07, 6.45) is 6.63. The van der Waals surface area contributed by atoms with E-state index in [2.05, 4.69) is 5.32 Å². The Labute approximate surface area is 89.6 Å². The largest absolute Gasteiger partial charge is 0.394 e. The Balaban J connectivity index is 2.36. The van der Waals surface area contributed by atoms with Gasteiger partial charge in [0, 0.05) is 12.2 Å². The lowest BCUT2D eigenvalue weighted by Crippen LogP contribution is -2.49. The predicted octanol–water partition coefficient (Wildman–Crippen LogP) is 1.16. The molecule has 1 aliphatic rings. The van der Waals surface area contributed by atoms with Crippen LogP contribution < -0.4 is 5.32 Å². The van der Waals surface area contributed by atoms with Gasteiger partial charge in [-0.3, -0.25) is 4.79 Å². The Kier molecular flexibility index (Phi) is 4.75. The van der Waals surface area contributed by atoms with E-state index in [1.165, 1.54) is 0 Å². The molecule has 0 spiro atoms. The zero-order valence-corrected chi connectivity index (χ0v) is 9.53. The van der Waals surface area contributed by atoms with E-state index < -0.39 is 0 Å². The molecule has 0 heterocycles. The molecule has 0 bridgehead atoms. The van der Waals surface area contributed by atoms with Gasteiger partial charge in [-0.15, -0.1) is 0 Å². The van der Waals surface area contributed by atoms with Gasteiger partial charge in [-0.05, 0) is 19.1 Å². The minimum absolute atomic E-state index is 0.0790. The number of hydrogen-bond acceptors (Lipinski definition) is 3. The van der Waals surface area contributed by atoms with E-state index in [1.54, 1.807) is 11.8 Å². The monoisotopic (exact) mass is 217 g/mol. The van der Waals surface area contributed by atoms with Crippen molar-refractivity contribution in [3.8, 4) is 0 Å². The molecule has 0 aromatic carbocycles. The maximum atomic E-state index is 11.5. The van der Waals surface area contributed by atoms with Gasteiger partial charge in [-0.1, -0.05) is 12.8 Å². The van der Waals surface area contributed by atoms with Gasteiger partial charge < -0.3 is 10.4 Å². The number of carbonyl (C=O) groups excluding carboxylic acids is 1. The average molecular weight is 217 g/mol. The summed E-state index contributed by atoms with van der Waals surface area (Å²) < 4.78 is 0. The summed E-state index contributed by atoms with van der Waals surface area (Å²) in [5.74, 6) is 0.933. The fraction of sp³-hybridized carbons (Fsp3) is 0.900. The van der Waals surface area contributed by atoms with Crippen LogP contribution in [0.2, 0.25) is 0 Å². The SMILES string of the molecule is CSCCC(=O)NC1(CO)CCCC1. The number of aliphatic hydroxyl groups excluding tert-OH is 1. The molecule has 1 saturated carbocycles. The molecule has 14 heavy (non-hydrogen) atoms. The van der Waals surface area contributed by atoms with E-state index in [0.29, 0.717) is 6.42 Å². The van der Waals surface area contributed by atoms with Crippen molar-refractivity contribution >= 4 is 17.7 Å². The van der Waals surface area contributed by atoms with Crippen molar-refractivity contribution in [2.45, 2.75) is 37.6 Å². The van der Waals surface area contributed by atoms with Gasteiger partial charge in [0.05, 0.1) is 12.1 Å². The van der Waals surface area contributed by atoms with Crippen LogP contribution >= 0.6 is 11.8 Å². The number of rotatable bonds is 5. The summed E-state index contributed by atoms with van der Waals surface area (Å²) in [5, 5.41) is 12.2. The zero-order valence-electron chi connectivity index (χ0n) is 8.71. The van der Waals surface area contributed by atoms with Gasteiger partial charge in [0.1, 0.15) is 0 Å². The lowest BCUT2D eigenvalue weighted by Gasteiger charge is -2.27. The highest BCUT2D eigenvalue weighted by Gasteiger charge is 2.34. The first-order valence-corrected chi connectivity index (χ1v) is 6.53. The van der Waals surface area contributed by atoms with Crippen molar-refractivity contribution in [3.05, 3.63) is 0 Å². The highest BCUT2D eigenvalue weighted by atomic mass is 32.2. The lowest BCUT2D eigenvalue weighted by atomic mass is 9.99. The van der Waals surface area contributed by atoms with Gasteiger partial charge in [-0.25, -0.2) is 0 Å². The van der Waals surface area contributed by atoms with Crippen molar-refractivity contribution < 1.29 is 9.90 Å². The molecule has 0 aromatic heterocycles. The molecule has 0 atom stereocenters. The van der Waals surface area contributed by atoms with E-state index >= 15 is 0 Å². The normalized spacial score (nSPS) is 19.6. The molecule has 1 rings (SSSR count). The van der Waals surface area contributed by atoms with Crippen LogP contribution in [0.15, 0.2) is 0 Å². The van der Waals surface area contributed by atoms with Crippen molar-refractivity contribution in [1.29, 1.82) is 0 Å². The smallest absolute Gasteiger partial charge is 0.221 e. The molecule has 0 aliphatic heterocycles. The molecule has 1 amide bonds. The quantitative estimate of drug-likeness (QED) is 0.726. The Bertz CT molecular complexity index is 191. The molecule has 82 valence electrons. The minimum atomic E-state index is -0.296. The molecule has 0 unspecified atom stereocenters. The number of aliphatic hydroxyl groups is 1. The van der Waals surface area contributed by atoms with Crippen LogP contribution in [0, 0.1) is 0 Å². The minimum Gasteiger partial charge on any atom is -0.394 e. The molecular formula is C10H19NO2S. The van der Waals surface area contributed by atoms with Gasteiger partial charge in [0.2, 0.25) is 5.91 Å². The topological polar surface area (TPSA) is 49.3 Å². The summed E-state index contributed by atoms with van der Waals surface area (Å²) in [6.45, 7) is 0.0814. The van der Waals surface area contributed by atoms with Crippen LogP contribution in [0.3, 0.4) is 0 Å². The van der Waals surface area contributed by atoms with Gasteiger partial charge in [0.25, 0.3) is 0 Å². The third kappa shape index (κ3) is 3.17. The number of carbonyl (C=O) groups is 1. The van der Waals surface area contributed by atoms with Crippen molar-refractivity contribution in [3.63, 3.8) is 0 Å². The number of nitrogens with one attached hydrogen (secondary N) is 1. The van der Waals surface area contributed by atoms with Crippen LogP contribution in [0.4, 0.5) is 0 Å². The van der Waals surface area contributed by atoms with Crippen molar-refractivity contribution in [2.75, 3.05) is 18.6 Å². The molecule has 0 saturated heterocycles. The molecule has 2 N–H and O–H groups in total. The molecule has 1 aliphatic carbocycles. The average Bonchev–Trinajstić information content (AvgIpc) is 2.64. The first-order chi connectivity index (χ1) is 6.72. The van der Waals surface area contributed by atoms with Crippen LogP contribution in [0.5, 0.6) is 0 Å². The lowest BCUT2D eigenvalue weighted by molar-refractivity contribution is -0.123. The second kappa shape index (κ2) is 5.61. The van der Waals surface area contributed by atoms with E-state index in [0.717, 1.165) is 31.4 Å². The van der Waals surface area contributed by atoms with E-state index in [4.69, 9.17) is 0 Å².